The van der Waals surface area contributed by atoms with Crippen molar-refractivity contribution < 1.29 is 14.6 Å². The van der Waals surface area contributed by atoms with Gasteiger partial charge in [0.15, 0.2) is 0 Å². The van der Waals surface area contributed by atoms with Crippen LogP contribution >= 0.6 is 0 Å². The van der Waals surface area contributed by atoms with Crippen molar-refractivity contribution in [1.29, 1.82) is 0 Å². The number of carbonyl (C=O) groups excluding carboxylic acids is 1. The van der Waals surface area contributed by atoms with Crippen molar-refractivity contribution in [3.63, 3.8) is 0 Å². The van der Waals surface area contributed by atoms with E-state index in [4.69, 9.17) is 9.84 Å². The maximum Gasteiger partial charge on any atom is 0.251 e. The van der Waals surface area contributed by atoms with Crippen LogP contribution in [0.3, 0.4) is 0 Å². The lowest BCUT2D eigenvalue weighted by Gasteiger charge is -2.14. The average molecular weight is 263 g/mol. The summed E-state index contributed by atoms with van der Waals surface area (Å²) in [4.78, 5) is 12.1. The maximum absolute atomic E-state index is 12.1. The quantitative estimate of drug-likeness (QED) is 0.787. The molecule has 4 heteroatoms. The van der Waals surface area contributed by atoms with Gasteiger partial charge in [-0.15, -0.1) is 0 Å². The fourth-order valence-electron chi connectivity index (χ4n) is 2.27. The van der Waals surface area contributed by atoms with E-state index in [0.29, 0.717) is 18.7 Å². The van der Waals surface area contributed by atoms with E-state index in [-0.39, 0.29) is 17.9 Å². The number of methoxy groups -OCH3 is 1. The highest BCUT2D eigenvalue weighted by atomic mass is 16.5. The third-order valence-electron chi connectivity index (χ3n) is 3.72. The molecule has 1 aliphatic carbocycles. The number of nitrogens with one attached hydrogen (secondary N) is 1. The number of ether oxygens (including phenoxy) is 1. The largest absolute Gasteiger partial charge is 0.396 e. The van der Waals surface area contributed by atoms with Gasteiger partial charge in [-0.3, -0.25) is 4.79 Å². The van der Waals surface area contributed by atoms with E-state index in [9.17, 15) is 4.79 Å². The van der Waals surface area contributed by atoms with Crippen LogP contribution in [0.2, 0.25) is 0 Å². The molecule has 19 heavy (non-hydrogen) atoms. The Morgan fingerprint density at radius 2 is 2.26 bits per heavy atom. The fourth-order valence-corrected chi connectivity index (χ4v) is 2.27. The summed E-state index contributed by atoms with van der Waals surface area (Å²) in [6.45, 7) is 1.36. The minimum Gasteiger partial charge on any atom is -0.396 e. The van der Waals surface area contributed by atoms with Crippen LogP contribution in [0.15, 0.2) is 24.3 Å². The van der Waals surface area contributed by atoms with Crippen molar-refractivity contribution in [3.05, 3.63) is 35.4 Å². The molecule has 2 N–H and O–H groups in total. The third kappa shape index (κ3) is 3.78. The van der Waals surface area contributed by atoms with Gasteiger partial charge in [-0.05, 0) is 42.4 Å². The van der Waals surface area contributed by atoms with Gasteiger partial charge in [0.2, 0.25) is 0 Å². The SMILES string of the molecule is COCc1cccc(C(=O)NCC2(CCO)CC2)c1. The van der Waals surface area contributed by atoms with E-state index < -0.39 is 0 Å². The van der Waals surface area contributed by atoms with Crippen molar-refractivity contribution in [2.24, 2.45) is 5.41 Å². The summed E-state index contributed by atoms with van der Waals surface area (Å²) in [5.41, 5.74) is 1.80. The summed E-state index contributed by atoms with van der Waals surface area (Å²) in [6, 6.07) is 7.46. The van der Waals surface area contributed by atoms with Crippen molar-refractivity contribution in [2.45, 2.75) is 25.9 Å². The second-order valence-electron chi connectivity index (χ2n) is 5.29. The molecule has 104 valence electrons. The molecule has 1 fully saturated rings. The number of amides is 1. The Labute approximate surface area is 113 Å². The number of rotatable bonds is 7. The summed E-state index contributed by atoms with van der Waals surface area (Å²) in [5.74, 6) is -0.0535. The number of benzene rings is 1. The summed E-state index contributed by atoms with van der Waals surface area (Å²) in [6.07, 6.45) is 2.96. The highest BCUT2D eigenvalue weighted by Crippen LogP contribution is 2.47. The molecular weight excluding hydrogens is 242 g/mol. The molecule has 1 saturated carbocycles. The molecule has 1 amide bonds. The lowest BCUT2D eigenvalue weighted by atomic mass is 10.0. The number of hydrogen-bond donors (Lipinski definition) is 2. The molecule has 2 rings (SSSR count). The molecule has 1 aromatic carbocycles. The average Bonchev–Trinajstić information content (AvgIpc) is 3.17. The molecule has 0 saturated heterocycles. The number of aliphatic hydroxyl groups is 1. The highest BCUT2D eigenvalue weighted by Gasteiger charge is 2.41. The van der Waals surface area contributed by atoms with Gasteiger partial charge in [-0.2, -0.15) is 0 Å². The minimum absolute atomic E-state index is 0.0535. The molecule has 0 spiro atoms. The summed E-state index contributed by atoms with van der Waals surface area (Å²) >= 11 is 0. The topological polar surface area (TPSA) is 58.6 Å². The second kappa shape index (κ2) is 6.17. The number of aliphatic hydroxyl groups excluding tert-OH is 1. The Kier molecular flexibility index (Phi) is 4.56. The number of carbonyl (C=O) groups is 1. The first kappa shape index (κ1) is 14.0. The standard InChI is InChI=1S/C15H21NO3/c1-19-10-12-3-2-4-13(9-12)14(18)16-11-15(5-6-15)7-8-17/h2-4,9,17H,5-8,10-11H2,1H3,(H,16,18). The number of hydrogen-bond acceptors (Lipinski definition) is 3. The Balaban J connectivity index is 1.91. The molecule has 0 unspecified atom stereocenters. The molecule has 0 aliphatic heterocycles. The maximum atomic E-state index is 12.1. The van der Waals surface area contributed by atoms with Crippen LogP contribution in [-0.2, 0) is 11.3 Å². The highest BCUT2D eigenvalue weighted by molar-refractivity contribution is 5.94. The summed E-state index contributed by atoms with van der Waals surface area (Å²) in [5, 5.41) is 12.0. The molecule has 0 atom stereocenters. The van der Waals surface area contributed by atoms with Crippen LogP contribution in [0, 0.1) is 5.41 Å². The van der Waals surface area contributed by atoms with Crippen molar-refractivity contribution in [1.82, 2.24) is 5.32 Å². The molecule has 0 radical (unpaired) electrons. The van der Waals surface area contributed by atoms with Gasteiger partial charge >= 0.3 is 0 Å². The van der Waals surface area contributed by atoms with Gasteiger partial charge in [-0.1, -0.05) is 12.1 Å². The normalized spacial score (nSPS) is 16.1. The minimum atomic E-state index is -0.0535. The van der Waals surface area contributed by atoms with E-state index in [0.717, 1.165) is 24.8 Å². The van der Waals surface area contributed by atoms with Crippen LogP contribution < -0.4 is 5.32 Å². The van der Waals surface area contributed by atoms with Crippen LogP contribution in [0.5, 0.6) is 0 Å². The van der Waals surface area contributed by atoms with Crippen molar-refractivity contribution >= 4 is 5.91 Å². The molecule has 0 heterocycles. The lowest BCUT2D eigenvalue weighted by molar-refractivity contribution is 0.0940. The third-order valence-corrected chi connectivity index (χ3v) is 3.72. The molecule has 0 bridgehead atoms. The fraction of sp³-hybridized carbons (Fsp3) is 0.533. The van der Waals surface area contributed by atoms with Gasteiger partial charge < -0.3 is 15.2 Å². The summed E-state index contributed by atoms with van der Waals surface area (Å²) < 4.78 is 5.06. The lowest BCUT2D eigenvalue weighted by Crippen LogP contribution is -2.30. The van der Waals surface area contributed by atoms with E-state index >= 15 is 0 Å². The van der Waals surface area contributed by atoms with Gasteiger partial charge in [0.25, 0.3) is 5.91 Å². The first-order chi connectivity index (χ1) is 9.19. The monoisotopic (exact) mass is 263 g/mol. The van der Waals surface area contributed by atoms with Crippen LogP contribution in [-0.4, -0.2) is 31.3 Å². The zero-order valence-corrected chi connectivity index (χ0v) is 11.3. The first-order valence-electron chi connectivity index (χ1n) is 6.66. The van der Waals surface area contributed by atoms with Crippen molar-refractivity contribution in [2.75, 3.05) is 20.3 Å². The van der Waals surface area contributed by atoms with E-state index in [2.05, 4.69) is 5.32 Å². The van der Waals surface area contributed by atoms with Crippen LogP contribution in [0.4, 0.5) is 0 Å². The Morgan fingerprint density at radius 1 is 1.47 bits per heavy atom. The van der Waals surface area contributed by atoms with Crippen LogP contribution in [0.25, 0.3) is 0 Å². The Bertz CT molecular complexity index is 441. The van der Waals surface area contributed by atoms with Gasteiger partial charge in [0.1, 0.15) is 0 Å². The van der Waals surface area contributed by atoms with Gasteiger partial charge in [-0.25, -0.2) is 0 Å². The van der Waals surface area contributed by atoms with E-state index in [1.807, 2.05) is 18.2 Å². The Hall–Kier alpha value is -1.39. The zero-order valence-electron chi connectivity index (χ0n) is 11.3. The molecule has 1 aromatic rings. The van der Waals surface area contributed by atoms with Gasteiger partial charge in [0.05, 0.1) is 6.61 Å². The molecular formula is C15H21NO3. The van der Waals surface area contributed by atoms with Crippen LogP contribution in [0.1, 0.15) is 35.2 Å². The predicted octanol–water partition coefficient (Wildman–Crippen LogP) is 1.73. The van der Waals surface area contributed by atoms with E-state index in [1.165, 1.54) is 0 Å². The second-order valence-corrected chi connectivity index (χ2v) is 5.29. The summed E-state index contributed by atoms with van der Waals surface area (Å²) in [7, 11) is 1.64. The Morgan fingerprint density at radius 3 is 2.89 bits per heavy atom. The zero-order chi connectivity index (χ0) is 13.7. The first-order valence-corrected chi connectivity index (χ1v) is 6.66. The molecule has 0 aromatic heterocycles. The molecule has 4 nitrogen and oxygen atoms in total. The predicted molar refractivity (Wildman–Crippen MR) is 72.9 cm³/mol. The van der Waals surface area contributed by atoms with E-state index in [1.54, 1.807) is 13.2 Å². The van der Waals surface area contributed by atoms with Gasteiger partial charge in [0, 0.05) is 25.8 Å². The molecule has 1 aliphatic rings. The van der Waals surface area contributed by atoms with Crippen molar-refractivity contribution in [3.8, 4) is 0 Å². The smallest absolute Gasteiger partial charge is 0.251 e.